The largest absolute Gasteiger partial charge is 0.326 e. The van der Waals surface area contributed by atoms with Gasteiger partial charge in [0.25, 0.3) is 12.3 Å². The van der Waals surface area contributed by atoms with Gasteiger partial charge in [0.05, 0.1) is 22.2 Å². The van der Waals surface area contributed by atoms with E-state index >= 15 is 0 Å². The number of alkyl halides is 4. The Hall–Kier alpha value is -2.52. The van der Waals surface area contributed by atoms with E-state index in [1.54, 1.807) is 0 Å². The maximum atomic E-state index is 13.9. The van der Waals surface area contributed by atoms with Crippen LogP contribution in [-0.4, -0.2) is 16.1 Å². The number of halogens is 8. The summed E-state index contributed by atoms with van der Waals surface area (Å²) >= 11 is 24.5. The summed E-state index contributed by atoms with van der Waals surface area (Å²) in [5.74, 6) is -5.01. The van der Waals surface area contributed by atoms with Crippen molar-refractivity contribution in [2.75, 3.05) is 10.6 Å². The van der Waals surface area contributed by atoms with E-state index < -0.39 is 51.6 Å². The lowest BCUT2D eigenvalue weighted by Crippen LogP contribution is -2.18. The Morgan fingerprint density at radius 3 is 2.25 bits per heavy atom. The quantitative estimate of drug-likeness (QED) is 0.230. The molecule has 2 N–H and O–H groups in total. The molecule has 0 aliphatic heterocycles. The van der Waals surface area contributed by atoms with Crippen molar-refractivity contribution >= 4 is 69.6 Å². The van der Waals surface area contributed by atoms with Crippen LogP contribution in [0.5, 0.6) is 0 Å². The molecule has 36 heavy (non-hydrogen) atoms. The minimum Gasteiger partial charge on any atom is -0.326 e. The predicted molar refractivity (Wildman–Crippen MR) is 131 cm³/mol. The molecule has 2 unspecified atom stereocenters. The third-order valence-electron chi connectivity index (χ3n) is 5.61. The summed E-state index contributed by atoms with van der Waals surface area (Å²) in [5, 5.41) is 4.72. The Morgan fingerprint density at radius 2 is 1.58 bits per heavy atom. The van der Waals surface area contributed by atoms with Gasteiger partial charge in [0, 0.05) is 28.3 Å². The summed E-state index contributed by atoms with van der Waals surface area (Å²) in [6.07, 6.45) is -2.83. The van der Waals surface area contributed by atoms with Crippen LogP contribution in [0.15, 0.2) is 54.6 Å². The van der Waals surface area contributed by atoms with Gasteiger partial charge >= 0.3 is 0 Å². The number of hydrogen-bond acceptors (Lipinski definition) is 2. The maximum absolute atomic E-state index is 13.9. The van der Waals surface area contributed by atoms with Gasteiger partial charge < -0.3 is 10.6 Å². The molecule has 3 aromatic rings. The van der Waals surface area contributed by atoms with Crippen molar-refractivity contribution in [3.05, 3.63) is 93.0 Å². The van der Waals surface area contributed by atoms with Crippen LogP contribution in [0.4, 0.5) is 28.9 Å². The van der Waals surface area contributed by atoms with Crippen molar-refractivity contribution in [1.82, 2.24) is 0 Å². The Kier molecular flexibility index (Phi) is 7.44. The number of amides is 2. The molecule has 188 valence electrons. The van der Waals surface area contributed by atoms with Gasteiger partial charge in [0.1, 0.15) is 16.0 Å². The fraction of sp³-hybridized carbons (Fsp3) is 0.167. The third kappa shape index (κ3) is 5.27. The Bertz CT molecular complexity index is 1370. The zero-order chi connectivity index (χ0) is 26.4. The third-order valence-corrected chi connectivity index (χ3v) is 7.22. The topological polar surface area (TPSA) is 58.2 Å². The van der Waals surface area contributed by atoms with Gasteiger partial charge in [0.15, 0.2) is 0 Å². The van der Waals surface area contributed by atoms with Gasteiger partial charge in [-0.3, -0.25) is 9.59 Å². The highest BCUT2D eigenvalue weighted by Gasteiger charge is 2.67. The SMILES string of the molecule is O=C(Nc1ccc(F)cc1F)c1cc(NC(=O)C2C(c3ccc(Cl)c(C(F)F)c3)C2(Cl)Cl)ccc1Cl. The summed E-state index contributed by atoms with van der Waals surface area (Å²) in [7, 11) is 0. The van der Waals surface area contributed by atoms with Crippen LogP contribution >= 0.6 is 46.4 Å². The highest BCUT2D eigenvalue weighted by Crippen LogP contribution is 2.65. The fourth-order valence-corrected chi connectivity index (χ4v) is 5.00. The van der Waals surface area contributed by atoms with Gasteiger partial charge in [-0.05, 0) is 48.0 Å². The lowest BCUT2D eigenvalue weighted by atomic mass is 10.1. The van der Waals surface area contributed by atoms with Crippen LogP contribution in [0.2, 0.25) is 10.0 Å². The van der Waals surface area contributed by atoms with Gasteiger partial charge in [-0.25, -0.2) is 17.6 Å². The normalized spacial score (nSPS) is 18.1. The van der Waals surface area contributed by atoms with Crippen molar-refractivity contribution in [2.24, 2.45) is 5.92 Å². The second kappa shape index (κ2) is 10.1. The van der Waals surface area contributed by atoms with E-state index in [0.29, 0.717) is 11.6 Å². The van der Waals surface area contributed by atoms with Crippen LogP contribution < -0.4 is 10.6 Å². The maximum Gasteiger partial charge on any atom is 0.265 e. The minimum atomic E-state index is -2.83. The standard InChI is InChI=1S/C24H14Cl4F4N2O2/c25-15-4-1-10(7-13(15)21(31)32)19-20(24(19,27)28)23(36)33-12-3-5-16(26)14(9-12)22(35)34-18-6-2-11(29)8-17(18)30/h1-9,19-21H,(H,33,36)(H,34,35). The predicted octanol–water partition coefficient (Wildman–Crippen LogP) is 7.99. The molecule has 1 aliphatic rings. The molecule has 1 aliphatic carbocycles. The molecule has 0 aromatic heterocycles. The van der Waals surface area contributed by atoms with Gasteiger partial charge in [-0.15, -0.1) is 23.2 Å². The van der Waals surface area contributed by atoms with E-state index in [9.17, 15) is 27.2 Å². The van der Waals surface area contributed by atoms with Gasteiger partial charge in [-0.2, -0.15) is 0 Å². The monoisotopic (exact) mass is 578 g/mol. The number of carbonyl (C=O) groups excluding carboxylic acids is 2. The highest BCUT2D eigenvalue weighted by molar-refractivity contribution is 6.53. The Balaban J connectivity index is 1.52. The highest BCUT2D eigenvalue weighted by atomic mass is 35.5. The summed E-state index contributed by atoms with van der Waals surface area (Å²) in [5.41, 5.74) is -0.318. The second-order valence-corrected chi connectivity index (χ2v) is 10.2. The van der Waals surface area contributed by atoms with E-state index in [1.807, 2.05) is 0 Å². The van der Waals surface area contributed by atoms with Crippen molar-refractivity contribution in [2.45, 2.75) is 16.7 Å². The molecule has 0 bridgehead atoms. The summed E-state index contributed by atoms with van der Waals surface area (Å²) in [4.78, 5) is 25.5. The Labute approximate surface area is 222 Å². The molecule has 0 spiro atoms. The van der Waals surface area contributed by atoms with E-state index in [0.717, 1.165) is 18.2 Å². The molecule has 0 radical (unpaired) electrons. The van der Waals surface area contributed by atoms with Gasteiger partial charge in [-0.1, -0.05) is 29.3 Å². The average Bonchev–Trinajstić information content (AvgIpc) is 3.39. The van der Waals surface area contributed by atoms with Crippen LogP contribution in [0.1, 0.15) is 33.8 Å². The summed E-state index contributed by atoms with van der Waals surface area (Å²) in [6, 6.07) is 10.5. The molecule has 1 saturated carbocycles. The summed E-state index contributed by atoms with van der Waals surface area (Å²) < 4.78 is 51.9. The molecule has 12 heteroatoms. The fourth-order valence-electron chi connectivity index (χ4n) is 3.77. The van der Waals surface area contributed by atoms with Gasteiger partial charge in [0.2, 0.25) is 5.91 Å². The first-order valence-electron chi connectivity index (χ1n) is 10.2. The minimum absolute atomic E-state index is 0.00189. The molecule has 1 fully saturated rings. The molecule has 0 saturated heterocycles. The number of hydrogen-bond donors (Lipinski definition) is 2. The first kappa shape index (κ1) is 26.5. The second-order valence-electron chi connectivity index (χ2n) is 7.97. The molecule has 3 aromatic carbocycles. The zero-order valence-corrected chi connectivity index (χ0v) is 20.8. The van der Waals surface area contributed by atoms with E-state index in [4.69, 9.17) is 46.4 Å². The summed E-state index contributed by atoms with van der Waals surface area (Å²) in [6.45, 7) is 0. The van der Waals surface area contributed by atoms with E-state index in [1.165, 1.54) is 30.3 Å². The first-order valence-corrected chi connectivity index (χ1v) is 11.7. The molecule has 4 nitrogen and oxygen atoms in total. The van der Waals surface area contributed by atoms with Crippen LogP contribution in [-0.2, 0) is 4.79 Å². The molecule has 2 atom stereocenters. The number of anilines is 2. The molecular weight excluding hydrogens is 566 g/mol. The smallest absolute Gasteiger partial charge is 0.265 e. The van der Waals surface area contributed by atoms with E-state index in [2.05, 4.69) is 10.6 Å². The lowest BCUT2D eigenvalue weighted by molar-refractivity contribution is -0.117. The van der Waals surface area contributed by atoms with Crippen molar-refractivity contribution in [1.29, 1.82) is 0 Å². The Morgan fingerprint density at radius 1 is 0.889 bits per heavy atom. The van der Waals surface area contributed by atoms with E-state index in [-0.39, 0.29) is 27.0 Å². The first-order chi connectivity index (χ1) is 16.9. The van der Waals surface area contributed by atoms with Crippen LogP contribution in [0, 0.1) is 17.6 Å². The number of rotatable bonds is 6. The lowest BCUT2D eigenvalue weighted by Gasteiger charge is -2.11. The molecule has 0 heterocycles. The molecular formula is C24H14Cl4F4N2O2. The van der Waals surface area contributed by atoms with Crippen LogP contribution in [0.3, 0.4) is 0 Å². The van der Waals surface area contributed by atoms with Crippen molar-refractivity contribution in [3.8, 4) is 0 Å². The van der Waals surface area contributed by atoms with Crippen LogP contribution in [0.25, 0.3) is 0 Å². The molecule has 2 amide bonds. The number of carbonyl (C=O) groups is 2. The number of nitrogens with one attached hydrogen (secondary N) is 2. The zero-order valence-electron chi connectivity index (χ0n) is 17.8. The average molecular weight is 580 g/mol. The van der Waals surface area contributed by atoms with Crippen molar-refractivity contribution in [3.63, 3.8) is 0 Å². The van der Waals surface area contributed by atoms with Crippen molar-refractivity contribution < 1.29 is 27.2 Å². The molecule has 4 rings (SSSR count). The number of benzene rings is 3.